The fraction of sp³-hybridized carbons (Fsp3) is 0.333. The first kappa shape index (κ1) is 25.6. The van der Waals surface area contributed by atoms with Crippen molar-refractivity contribution in [2.75, 3.05) is 38.3 Å². The number of fused-ring (bicyclic) bond motifs is 1. The van der Waals surface area contributed by atoms with Crippen molar-refractivity contribution in [2.24, 2.45) is 10.2 Å². The van der Waals surface area contributed by atoms with Gasteiger partial charge in [0.25, 0.3) is 5.69 Å². The van der Waals surface area contributed by atoms with Crippen LogP contribution in [0.15, 0.2) is 87.4 Å². The monoisotopic (exact) mass is 511 g/mol. The molecule has 3 aliphatic rings. The Labute approximate surface area is 223 Å². The molecular formula is C30H33N5O3. The zero-order valence-electron chi connectivity index (χ0n) is 22.1. The number of nitro groups is 1. The summed E-state index contributed by atoms with van der Waals surface area (Å²) in [6, 6.07) is 15.2. The van der Waals surface area contributed by atoms with Crippen molar-refractivity contribution in [1.82, 2.24) is 4.90 Å². The number of hydrogen-bond acceptors (Lipinski definition) is 7. The predicted octanol–water partition coefficient (Wildman–Crippen LogP) is 5.73. The van der Waals surface area contributed by atoms with E-state index in [9.17, 15) is 10.1 Å². The largest absolute Gasteiger partial charge is 0.378 e. The molecule has 0 unspecified atom stereocenters. The maximum atomic E-state index is 11.0. The first-order valence-corrected chi connectivity index (χ1v) is 13.0. The van der Waals surface area contributed by atoms with Gasteiger partial charge in [0.1, 0.15) is 0 Å². The van der Waals surface area contributed by atoms with Crippen LogP contribution in [0.25, 0.3) is 6.08 Å². The Morgan fingerprint density at radius 3 is 2.47 bits per heavy atom. The molecule has 2 aromatic carbocycles. The zero-order chi connectivity index (χ0) is 26.7. The molecule has 0 spiro atoms. The van der Waals surface area contributed by atoms with Crippen molar-refractivity contribution in [3.63, 3.8) is 0 Å². The number of rotatable bonds is 6. The van der Waals surface area contributed by atoms with Crippen LogP contribution in [0.4, 0.5) is 11.4 Å². The molecule has 0 amide bonds. The molecule has 1 fully saturated rings. The summed E-state index contributed by atoms with van der Waals surface area (Å²) in [6.45, 7) is 7.49. The summed E-state index contributed by atoms with van der Waals surface area (Å²) < 4.78 is 5.58. The number of likely N-dealkylation sites (N-methyl/N-ethyl adjacent to an activating group) is 1. The van der Waals surface area contributed by atoms with Crippen molar-refractivity contribution in [3.05, 3.63) is 98.4 Å². The first-order valence-electron chi connectivity index (χ1n) is 13.0. The highest BCUT2D eigenvalue weighted by Crippen LogP contribution is 2.46. The quantitative estimate of drug-likeness (QED) is 0.281. The Balaban J connectivity index is 1.38. The van der Waals surface area contributed by atoms with Crippen molar-refractivity contribution < 1.29 is 9.66 Å². The van der Waals surface area contributed by atoms with E-state index in [0.29, 0.717) is 13.2 Å². The number of ether oxygens (including phenoxy) is 1. The highest BCUT2D eigenvalue weighted by Gasteiger charge is 2.37. The van der Waals surface area contributed by atoms with Gasteiger partial charge in [-0.25, -0.2) is 0 Å². The van der Waals surface area contributed by atoms with Crippen LogP contribution in [-0.2, 0) is 10.2 Å². The van der Waals surface area contributed by atoms with E-state index >= 15 is 0 Å². The number of nitro benzene ring substituents is 1. The van der Waals surface area contributed by atoms with E-state index < -0.39 is 0 Å². The molecule has 8 nitrogen and oxygen atoms in total. The van der Waals surface area contributed by atoms with E-state index in [1.54, 1.807) is 30.5 Å². The lowest BCUT2D eigenvalue weighted by Crippen LogP contribution is -2.36. The lowest BCUT2D eigenvalue weighted by atomic mass is 9.84. The van der Waals surface area contributed by atoms with Crippen LogP contribution in [0, 0.1) is 10.1 Å². The second-order valence-electron chi connectivity index (χ2n) is 10.3. The Morgan fingerprint density at radius 1 is 1.03 bits per heavy atom. The minimum atomic E-state index is -0.374. The Morgan fingerprint density at radius 2 is 1.76 bits per heavy atom. The minimum absolute atomic E-state index is 0.0965. The van der Waals surface area contributed by atoms with E-state index in [2.05, 4.69) is 71.2 Å². The minimum Gasteiger partial charge on any atom is -0.378 e. The van der Waals surface area contributed by atoms with Gasteiger partial charge in [-0.05, 0) is 65.5 Å². The van der Waals surface area contributed by atoms with Crippen LogP contribution in [0.2, 0.25) is 0 Å². The van der Waals surface area contributed by atoms with Crippen LogP contribution >= 0.6 is 0 Å². The van der Waals surface area contributed by atoms with Gasteiger partial charge >= 0.3 is 0 Å². The summed E-state index contributed by atoms with van der Waals surface area (Å²) in [5.41, 5.74) is 8.19. The number of hydrogen-bond donors (Lipinski definition) is 0. The van der Waals surface area contributed by atoms with Gasteiger partial charge in [0, 0.05) is 54.8 Å². The van der Waals surface area contributed by atoms with E-state index in [1.165, 1.54) is 28.2 Å². The second kappa shape index (κ2) is 10.8. The first-order chi connectivity index (χ1) is 18.4. The molecule has 8 heteroatoms. The molecule has 5 rings (SSSR count). The van der Waals surface area contributed by atoms with Gasteiger partial charge in [0.05, 0.1) is 30.6 Å². The summed E-state index contributed by atoms with van der Waals surface area (Å²) in [6.07, 6.45) is 9.57. The van der Waals surface area contributed by atoms with Crippen molar-refractivity contribution in [2.45, 2.75) is 32.1 Å². The summed E-state index contributed by atoms with van der Waals surface area (Å²) in [5, 5.41) is 19.8. The molecule has 0 bridgehead atoms. The van der Waals surface area contributed by atoms with Gasteiger partial charge in [-0.1, -0.05) is 32.0 Å². The molecule has 196 valence electrons. The van der Waals surface area contributed by atoms with Gasteiger partial charge in [0.15, 0.2) is 0 Å². The summed E-state index contributed by atoms with van der Waals surface area (Å²) >= 11 is 0. The van der Waals surface area contributed by atoms with Crippen LogP contribution in [0.1, 0.15) is 37.8 Å². The zero-order valence-corrected chi connectivity index (χ0v) is 22.1. The Bertz CT molecular complexity index is 1360. The SMILES string of the molecule is CN1C(=CC=NN=CC2=C(N3CCOCC3)C(=Cc3ccc([N+](=O)[O-])cc3)CC2)C(C)(C)c2ccccc21. The second-order valence-corrected chi connectivity index (χ2v) is 10.3. The fourth-order valence-electron chi connectivity index (χ4n) is 5.61. The van der Waals surface area contributed by atoms with E-state index in [1.807, 2.05) is 12.3 Å². The Kier molecular flexibility index (Phi) is 7.24. The van der Waals surface area contributed by atoms with Crippen molar-refractivity contribution in [3.8, 4) is 0 Å². The molecule has 2 aromatic rings. The van der Waals surface area contributed by atoms with Crippen molar-refractivity contribution in [1.29, 1.82) is 0 Å². The molecule has 0 radical (unpaired) electrons. The standard InChI is InChI=1S/C30H33N5O3/c1-30(2)26-6-4-5-7-27(26)33(3)28(30)14-15-31-32-21-24-11-10-23(29(24)34-16-18-38-19-17-34)20-22-8-12-25(13-9-22)35(36)37/h4-9,12-15,20-21H,10-11,16-19H2,1-3H3. The highest BCUT2D eigenvalue weighted by molar-refractivity contribution is 5.85. The molecule has 0 saturated carbocycles. The van der Waals surface area contributed by atoms with Gasteiger partial charge in [-0.2, -0.15) is 10.2 Å². The van der Waals surface area contributed by atoms with Crippen LogP contribution in [0.3, 0.4) is 0 Å². The number of morpholine rings is 1. The van der Waals surface area contributed by atoms with Crippen molar-refractivity contribution >= 4 is 29.9 Å². The lowest BCUT2D eigenvalue weighted by molar-refractivity contribution is -0.384. The predicted molar refractivity (Wildman–Crippen MR) is 153 cm³/mol. The topological polar surface area (TPSA) is 83.6 Å². The average molecular weight is 512 g/mol. The third kappa shape index (κ3) is 5.04. The van der Waals surface area contributed by atoms with Crippen LogP contribution in [0.5, 0.6) is 0 Å². The number of non-ortho nitro benzene ring substituents is 1. The highest BCUT2D eigenvalue weighted by atomic mass is 16.6. The molecule has 1 saturated heterocycles. The molecule has 0 N–H and O–H groups in total. The van der Waals surface area contributed by atoms with E-state index in [-0.39, 0.29) is 16.0 Å². The summed E-state index contributed by atoms with van der Waals surface area (Å²) in [5.74, 6) is 0. The number of nitrogens with zero attached hydrogens (tertiary/aromatic N) is 5. The maximum absolute atomic E-state index is 11.0. The third-order valence-electron chi connectivity index (χ3n) is 7.56. The van der Waals surface area contributed by atoms with E-state index in [4.69, 9.17) is 4.74 Å². The van der Waals surface area contributed by atoms with Gasteiger partial charge < -0.3 is 14.5 Å². The maximum Gasteiger partial charge on any atom is 0.269 e. The molecule has 2 aliphatic heterocycles. The van der Waals surface area contributed by atoms with E-state index in [0.717, 1.165) is 37.1 Å². The molecule has 38 heavy (non-hydrogen) atoms. The van der Waals surface area contributed by atoms with Crippen LogP contribution < -0.4 is 4.90 Å². The molecular weight excluding hydrogens is 478 g/mol. The Hall–Kier alpha value is -4.04. The fourth-order valence-corrected chi connectivity index (χ4v) is 5.61. The summed E-state index contributed by atoms with van der Waals surface area (Å²) in [7, 11) is 2.09. The molecule has 0 aromatic heterocycles. The summed E-state index contributed by atoms with van der Waals surface area (Å²) in [4.78, 5) is 15.2. The van der Waals surface area contributed by atoms with Gasteiger partial charge in [0.2, 0.25) is 0 Å². The normalized spacial score (nSPS) is 21.4. The number of para-hydroxylation sites is 1. The number of allylic oxidation sites excluding steroid dienone is 4. The molecule has 2 heterocycles. The van der Waals surface area contributed by atoms with Crippen LogP contribution in [-0.4, -0.2) is 55.6 Å². The molecule has 1 aliphatic carbocycles. The van der Waals surface area contributed by atoms with Gasteiger partial charge in [-0.15, -0.1) is 0 Å². The molecule has 0 atom stereocenters. The third-order valence-corrected chi connectivity index (χ3v) is 7.56. The smallest absolute Gasteiger partial charge is 0.269 e. The lowest BCUT2D eigenvalue weighted by Gasteiger charge is -2.31. The number of anilines is 1. The average Bonchev–Trinajstić information content (AvgIpc) is 3.40. The van der Waals surface area contributed by atoms with Gasteiger partial charge in [-0.3, -0.25) is 10.1 Å². The number of benzene rings is 2.